The fourth-order valence-corrected chi connectivity index (χ4v) is 6.08. The van der Waals surface area contributed by atoms with Gasteiger partial charge in [0.05, 0.1) is 25.4 Å². The van der Waals surface area contributed by atoms with E-state index >= 15 is 0 Å². The molecule has 9 nitrogen and oxygen atoms in total. The number of unbranched alkanes of at least 4 members (excludes halogenated alkanes) is 14. The second kappa shape index (κ2) is 22.1. The molecule has 0 amide bonds. The number of aliphatic carboxylic acids is 1. The van der Waals surface area contributed by atoms with E-state index in [1.165, 1.54) is 83.6 Å². The number of nitrogens with two attached hydrogens (primary N) is 1. The molecular formula is C33H59NO8. The third kappa shape index (κ3) is 15.8. The van der Waals surface area contributed by atoms with Gasteiger partial charge in [-0.3, -0.25) is 4.79 Å². The molecule has 0 aromatic rings. The molecule has 2 rings (SSSR count). The van der Waals surface area contributed by atoms with Crippen molar-refractivity contribution in [3.05, 3.63) is 12.2 Å². The molecule has 0 aromatic carbocycles. The molecular weight excluding hydrogens is 538 g/mol. The Balaban J connectivity index is 1.50. The largest absolute Gasteiger partial charge is 0.478 e. The predicted molar refractivity (Wildman–Crippen MR) is 163 cm³/mol. The van der Waals surface area contributed by atoms with Gasteiger partial charge in [0.2, 0.25) is 0 Å². The Morgan fingerprint density at radius 2 is 1.55 bits per heavy atom. The van der Waals surface area contributed by atoms with Crippen LogP contribution in [-0.2, 0) is 28.5 Å². The Bertz CT molecular complexity index is 762. The number of fused-ring (bicyclic) bond motifs is 2. The van der Waals surface area contributed by atoms with E-state index in [4.69, 9.17) is 34.9 Å². The van der Waals surface area contributed by atoms with Crippen molar-refractivity contribution in [2.24, 2.45) is 5.73 Å². The number of aliphatic hydroxyl groups is 1. The lowest BCUT2D eigenvalue weighted by Crippen LogP contribution is -2.43. The smallest absolute Gasteiger partial charge is 0.327 e. The molecule has 0 aliphatic carbocycles. The molecule has 2 fully saturated rings. The van der Waals surface area contributed by atoms with E-state index < -0.39 is 11.8 Å². The topological polar surface area (TPSA) is 138 Å². The van der Waals surface area contributed by atoms with Gasteiger partial charge < -0.3 is 34.9 Å². The predicted octanol–water partition coefficient (Wildman–Crippen LogP) is 6.19. The van der Waals surface area contributed by atoms with Crippen LogP contribution in [0.5, 0.6) is 0 Å². The lowest BCUT2D eigenvalue weighted by molar-refractivity contribution is -0.220. The molecule has 5 atom stereocenters. The third-order valence-corrected chi connectivity index (χ3v) is 8.36. The number of aliphatic hydroxyl groups excluding tert-OH is 1. The number of ether oxygens (including phenoxy) is 4. The standard InChI is InChI=1S/C33H59NO8/c1-27(36)40-29-21-23-33(41-30(32(29)42-33)19-15-11-12-16-20-31(37)38)22-17-13-9-7-5-3-2-4-6-8-10-14-18-24-39-26-28(34)25-35/h16,20,28-30,32,35H,2-15,17-19,21-26,34H2,1H3,(H,37,38)/b20-16+/t28?,29-,30?,32-,33-/m1/s1. The van der Waals surface area contributed by atoms with Gasteiger partial charge in [-0.25, -0.2) is 4.79 Å². The average Bonchev–Trinajstić information content (AvgIpc) is 3.25. The molecule has 2 unspecified atom stereocenters. The highest BCUT2D eigenvalue weighted by Gasteiger charge is 2.54. The molecule has 4 N–H and O–H groups in total. The van der Waals surface area contributed by atoms with Crippen molar-refractivity contribution in [1.29, 1.82) is 0 Å². The second-order valence-corrected chi connectivity index (χ2v) is 12.2. The molecule has 0 aromatic heterocycles. The van der Waals surface area contributed by atoms with E-state index in [-0.39, 0.29) is 36.9 Å². The van der Waals surface area contributed by atoms with Crippen LogP contribution in [0.2, 0.25) is 0 Å². The van der Waals surface area contributed by atoms with Crippen LogP contribution in [0.15, 0.2) is 12.2 Å². The van der Waals surface area contributed by atoms with Crippen molar-refractivity contribution in [3.8, 4) is 0 Å². The van der Waals surface area contributed by atoms with E-state index in [1.807, 2.05) is 0 Å². The van der Waals surface area contributed by atoms with Gasteiger partial charge in [0.25, 0.3) is 0 Å². The number of carbonyl (C=O) groups is 2. The third-order valence-electron chi connectivity index (χ3n) is 8.36. The van der Waals surface area contributed by atoms with E-state index in [1.54, 1.807) is 6.08 Å². The Labute approximate surface area is 253 Å². The van der Waals surface area contributed by atoms with Crippen LogP contribution in [0.4, 0.5) is 0 Å². The molecule has 9 heteroatoms. The second-order valence-electron chi connectivity index (χ2n) is 12.2. The Hall–Kier alpha value is -1.52. The SMILES string of the molecule is CC(=O)O[C@@H]1CC[C@]2(CCCCCCCCCCCCCCCOCC(N)CO)OC(CCCC/C=C/C(=O)O)[C@@H]1O2. The van der Waals surface area contributed by atoms with Gasteiger partial charge in [-0.1, -0.05) is 83.1 Å². The van der Waals surface area contributed by atoms with E-state index in [0.29, 0.717) is 6.61 Å². The number of esters is 1. The first-order valence-electron chi connectivity index (χ1n) is 16.7. The monoisotopic (exact) mass is 597 g/mol. The summed E-state index contributed by atoms with van der Waals surface area (Å²) in [6.45, 7) is 2.61. The molecule has 2 aliphatic rings. The van der Waals surface area contributed by atoms with E-state index in [9.17, 15) is 9.59 Å². The maximum atomic E-state index is 11.6. The molecule has 0 spiro atoms. The summed E-state index contributed by atoms with van der Waals surface area (Å²) in [5.74, 6) is -1.74. The first kappa shape index (κ1) is 36.7. The summed E-state index contributed by atoms with van der Waals surface area (Å²) in [6, 6.07) is -0.256. The van der Waals surface area contributed by atoms with Crippen molar-refractivity contribution >= 4 is 11.9 Å². The molecule has 0 saturated carbocycles. The normalized spacial score (nSPS) is 24.3. The summed E-state index contributed by atoms with van der Waals surface area (Å²) in [7, 11) is 0. The van der Waals surface area contributed by atoms with E-state index in [2.05, 4.69) is 0 Å². The number of hydrogen-bond donors (Lipinski definition) is 3. The van der Waals surface area contributed by atoms with Crippen molar-refractivity contribution in [3.63, 3.8) is 0 Å². The fourth-order valence-electron chi connectivity index (χ4n) is 6.08. The molecule has 244 valence electrons. The molecule has 2 aliphatic heterocycles. The Morgan fingerprint density at radius 3 is 2.14 bits per heavy atom. The van der Waals surface area contributed by atoms with Gasteiger partial charge in [0.15, 0.2) is 5.79 Å². The summed E-state index contributed by atoms with van der Waals surface area (Å²) in [6.07, 6.45) is 24.3. The Morgan fingerprint density at radius 1 is 0.929 bits per heavy atom. The highest BCUT2D eigenvalue weighted by Crippen LogP contribution is 2.45. The maximum absolute atomic E-state index is 11.6. The average molecular weight is 598 g/mol. The highest BCUT2D eigenvalue weighted by atomic mass is 16.8. The number of carboxylic acid groups (broad SMARTS) is 1. The first-order valence-corrected chi connectivity index (χ1v) is 16.7. The maximum Gasteiger partial charge on any atom is 0.327 e. The number of hydrogen-bond acceptors (Lipinski definition) is 8. The van der Waals surface area contributed by atoms with Gasteiger partial charge in [-0.2, -0.15) is 0 Å². The van der Waals surface area contributed by atoms with Gasteiger partial charge >= 0.3 is 11.9 Å². The minimum atomic E-state index is -0.915. The summed E-state index contributed by atoms with van der Waals surface area (Å²) in [5.41, 5.74) is 5.61. The zero-order valence-corrected chi connectivity index (χ0v) is 26.1. The van der Waals surface area contributed by atoms with E-state index in [0.717, 1.165) is 64.4 Å². The molecule has 2 saturated heterocycles. The van der Waals surface area contributed by atoms with Crippen molar-refractivity contribution in [2.75, 3.05) is 19.8 Å². The van der Waals surface area contributed by atoms with Crippen LogP contribution in [0.1, 0.15) is 135 Å². The van der Waals surface area contributed by atoms with Crippen molar-refractivity contribution in [2.45, 2.75) is 165 Å². The fraction of sp³-hybridized carbons (Fsp3) is 0.879. The number of carboxylic acids is 1. The number of carbonyl (C=O) groups excluding carboxylic acids is 1. The minimum absolute atomic E-state index is 0.0188. The minimum Gasteiger partial charge on any atom is -0.478 e. The highest BCUT2D eigenvalue weighted by molar-refractivity contribution is 5.79. The van der Waals surface area contributed by atoms with Gasteiger partial charge in [-0.05, 0) is 38.5 Å². The lowest BCUT2D eigenvalue weighted by atomic mass is 9.94. The van der Waals surface area contributed by atoms with Crippen molar-refractivity contribution < 1.29 is 38.7 Å². The molecule has 0 radical (unpaired) electrons. The molecule has 2 heterocycles. The summed E-state index contributed by atoms with van der Waals surface area (Å²) in [5, 5.41) is 17.6. The first-order chi connectivity index (χ1) is 20.3. The van der Waals surface area contributed by atoms with Gasteiger partial charge in [0.1, 0.15) is 12.2 Å². The summed E-state index contributed by atoms with van der Waals surface area (Å²) in [4.78, 5) is 22.3. The van der Waals surface area contributed by atoms with Crippen LogP contribution in [0.25, 0.3) is 0 Å². The summed E-state index contributed by atoms with van der Waals surface area (Å²) < 4.78 is 24.0. The zero-order valence-electron chi connectivity index (χ0n) is 26.1. The van der Waals surface area contributed by atoms with Crippen molar-refractivity contribution in [1.82, 2.24) is 0 Å². The van der Waals surface area contributed by atoms with Crippen LogP contribution < -0.4 is 5.73 Å². The quantitative estimate of drug-likeness (QED) is 0.0605. The van der Waals surface area contributed by atoms with Gasteiger partial charge in [0, 0.05) is 32.4 Å². The molecule has 42 heavy (non-hydrogen) atoms. The lowest BCUT2D eigenvalue weighted by Gasteiger charge is -2.35. The van der Waals surface area contributed by atoms with Crippen LogP contribution in [-0.4, -0.2) is 72.1 Å². The van der Waals surface area contributed by atoms with Crippen LogP contribution >= 0.6 is 0 Å². The van der Waals surface area contributed by atoms with Crippen LogP contribution in [0.3, 0.4) is 0 Å². The van der Waals surface area contributed by atoms with Crippen LogP contribution in [0, 0.1) is 0 Å². The molecule has 2 bridgehead atoms. The summed E-state index contributed by atoms with van der Waals surface area (Å²) >= 11 is 0. The number of allylic oxidation sites excluding steroid dienone is 1. The zero-order chi connectivity index (χ0) is 30.5. The Kier molecular flexibility index (Phi) is 19.3. The van der Waals surface area contributed by atoms with Gasteiger partial charge in [-0.15, -0.1) is 0 Å². The number of rotatable bonds is 26.